The molecule has 0 bridgehead atoms. The fraction of sp³-hybridized carbons (Fsp3) is 0.333. The molecular weight excluding hydrogens is 290 g/mol. The van der Waals surface area contributed by atoms with Gasteiger partial charge in [-0.1, -0.05) is 23.8 Å². The first-order valence-corrected chi connectivity index (χ1v) is 7.53. The van der Waals surface area contributed by atoms with Gasteiger partial charge in [0.25, 0.3) is 0 Å². The Morgan fingerprint density at radius 3 is 2.90 bits per heavy atom. The predicted octanol–water partition coefficient (Wildman–Crippen LogP) is 3.53. The van der Waals surface area contributed by atoms with Gasteiger partial charge in [0.05, 0.1) is 10.5 Å². The van der Waals surface area contributed by atoms with E-state index in [4.69, 9.17) is 29.6 Å². The Kier molecular flexibility index (Phi) is 3.76. The highest BCUT2D eigenvalue weighted by Gasteiger charge is 2.29. The number of anilines is 1. The van der Waals surface area contributed by atoms with Crippen molar-refractivity contribution in [2.75, 3.05) is 11.4 Å². The number of pyridine rings is 1. The molecule has 1 saturated carbocycles. The minimum Gasteiger partial charge on any atom is -0.393 e. The van der Waals surface area contributed by atoms with E-state index in [1.807, 2.05) is 24.4 Å². The molecule has 1 aliphatic rings. The van der Waals surface area contributed by atoms with Crippen molar-refractivity contribution in [3.05, 3.63) is 35.5 Å². The van der Waals surface area contributed by atoms with Gasteiger partial charge in [0.2, 0.25) is 0 Å². The molecule has 2 N–H and O–H groups in total. The summed E-state index contributed by atoms with van der Waals surface area (Å²) >= 11 is 11.0. The first-order valence-electron chi connectivity index (χ1n) is 6.74. The molecule has 0 atom stereocenters. The van der Waals surface area contributed by atoms with E-state index >= 15 is 0 Å². The summed E-state index contributed by atoms with van der Waals surface area (Å²) in [6, 6.07) is 8.52. The number of nitrogens with two attached hydrogens (primary N) is 1. The van der Waals surface area contributed by atoms with E-state index in [9.17, 15) is 0 Å². The van der Waals surface area contributed by atoms with Gasteiger partial charge in [-0.05, 0) is 37.1 Å². The van der Waals surface area contributed by atoms with Crippen LogP contribution in [0.4, 0.5) is 5.69 Å². The molecule has 2 aromatic rings. The van der Waals surface area contributed by atoms with E-state index in [1.54, 1.807) is 0 Å². The van der Waals surface area contributed by atoms with Crippen molar-refractivity contribution >= 4 is 45.4 Å². The van der Waals surface area contributed by atoms with Crippen LogP contribution < -0.4 is 10.6 Å². The minimum absolute atomic E-state index is 0.567. The van der Waals surface area contributed by atoms with Crippen molar-refractivity contribution in [2.45, 2.75) is 25.3 Å². The molecule has 1 aromatic carbocycles. The molecule has 1 aliphatic carbocycles. The number of thiocarbonyl (C=S) groups is 1. The summed E-state index contributed by atoms with van der Waals surface area (Å²) in [6.07, 6.45) is 5.04. The van der Waals surface area contributed by atoms with Crippen LogP contribution in [-0.4, -0.2) is 22.6 Å². The van der Waals surface area contributed by atoms with Crippen molar-refractivity contribution in [2.24, 2.45) is 5.73 Å². The summed E-state index contributed by atoms with van der Waals surface area (Å²) < 4.78 is 0. The molecule has 5 heteroatoms. The molecule has 1 fully saturated rings. The lowest BCUT2D eigenvalue weighted by molar-refractivity contribution is 0.804. The molecule has 0 unspecified atom stereocenters. The van der Waals surface area contributed by atoms with E-state index in [2.05, 4.69) is 16.0 Å². The quantitative estimate of drug-likeness (QED) is 0.858. The van der Waals surface area contributed by atoms with Crippen LogP contribution in [0.1, 0.15) is 19.3 Å². The second-order valence-electron chi connectivity index (χ2n) is 5.13. The largest absolute Gasteiger partial charge is 0.393 e. The van der Waals surface area contributed by atoms with E-state index in [1.165, 1.54) is 18.5 Å². The molecule has 0 spiro atoms. The lowest BCUT2D eigenvalue weighted by Crippen LogP contribution is -2.29. The second kappa shape index (κ2) is 5.54. The molecule has 3 nitrogen and oxygen atoms in total. The maximum absolute atomic E-state index is 6.04. The van der Waals surface area contributed by atoms with Gasteiger partial charge >= 0.3 is 0 Å². The third-order valence-electron chi connectivity index (χ3n) is 3.58. The summed E-state index contributed by atoms with van der Waals surface area (Å²) in [6.45, 7) is 0.863. The smallest absolute Gasteiger partial charge is 0.0745 e. The number of hydrogen-bond donors (Lipinski definition) is 1. The van der Waals surface area contributed by atoms with Crippen molar-refractivity contribution in [3.8, 4) is 0 Å². The summed E-state index contributed by atoms with van der Waals surface area (Å²) in [5.41, 5.74) is 7.77. The Labute approximate surface area is 128 Å². The van der Waals surface area contributed by atoms with Gasteiger partial charge in [-0.3, -0.25) is 4.98 Å². The molecule has 1 aromatic heterocycles. The lowest BCUT2D eigenvalue weighted by atomic mass is 10.1. The molecule has 3 rings (SSSR count). The van der Waals surface area contributed by atoms with Gasteiger partial charge in [0.15, 0.2) is 0 Å². The average molecular weight is 306 g/mol. The summed E-state index contributed by atoms with van der Waals surface area (Å²) in [4.78, 5) is 7.37. The van der Waals surface area contributed by atoms with Gasteiger partial charge in [-0.15, -0.1) is 0 Å². The van der Waals surface area contributed by atoms with E-state index in [0.717, 1.165) is 23.9 Å². The highest BCUT2D eigenvalue weighted by atomic mass is 35.5. The Hall–Kier alpha value is -1.39. The van der Waals surface area contributed by atoms with Crippen molar-refractivity contribution < 1.29 is 0 Å². The molecule has 0 radical (unpaired) electrons. The third kappa shape index (κ3) is 2.86. The summed E-state index contributed by atoms with van der Waals surface area (Å²) in [5.74, 6) is 0. The Bertz CT molecular complexity index is 655. The molecule has 0 saturated heterocycles. The van der Waals surface area contributed by atoms with Crippen LogP contribution in [0.25, 0.3) is 10.9 Å². The van der Waals surface area contributed by atoms with Crippen LogP contribution in [0.3, 0.4) is 0 Å². The molecule has 0 amide bonds. The molecule has 0 aliphatic heterocycles. The molecule has 104 valence electrons. The van der Waals surface area contributed by atoms with E-state index in [-0.39, 0.29) is 0 Å². The minimum atomic E-state index is 0.567. The van der Waals surface area contributed by atoms with E-state index < -0.39 is 0 Å². The number of hydrogen-bond acceptors (Lipinski definition) is 3. The van der Waals surface area contributed by atoms with Crippen LogP contribution in [0.2, 0.25) is 5.02 Å². The fourth-order valence-corrected chi connectivity index (χ4v) is 2.73. The van der Waals surface area contributed by atoms with Crippen molar-refractivity contribution in [1.82, 2.24) is 4.98 Å². The Balaban J connectivity index is 1.99. The van der Waals surface area contributed by atoms with Crippen LogP contribution in [0, 0.1) is 0 Å². The summed E-state index contributed by atoms with van der Waals surface area (Å²) in [5, 5.41) is 1.84. The zero-order chi connectivity index (χ0) is 14.1. The third-order valence-corrected chi connectivity index (χ3v) is 4.02. The number of nitrogens with zero attached hydrogens (tertiary/aromatic N) is 2. The topological polar surface area (TPSA) is 42.1 Å². The normalized spacial score (nSPS) is 14.4. The van der Waals surface area contributed by atoms with Crippen LogP contribution >= 0.6 is 23.8 Å². The number of halogens is 1. The van der Waals surface area contributed by atoms with Gasteiger partial charge < -0.3 is 10.6 Å². The lowest BCUT2D eigenvalue weighted by Gasteiger charge is -2.25. The SMILES string of the molecule is NC(=S)CCN(c1ccnc2cc(Cl)ccc12)C1CC1. The molecule has 1 heterocycles. The number of fused-ring (bicyclic) bond motifs is 1. The summed E-state index contributed by atoms with van der Waals surface area (Å²) in [7, 11) is 0. The number of aromatic nitrogens is 1. The Morgan fingerprint density at radius 2 is 2.20 bits per heavy atom. The maximum Gasteiger partial charge on any atom is 0.0745 e. The highest BCUT2D eigenvalue weighted by Crippen LogP contribution is 2.35. The van der Waals surface area contributed by atoms with Gasteiger partial charge in [0.1, 0.15) is 0 Å². The predicted molar refractivity (Wildman–Crippen MR) is 88.5 cm³/mol. The van der Waals surface area contributed by atoms with Gasteiger partial charge in [0, 0.05) is 41.3 Å². The van der Waals surface area contributed by atoms with Gasteiger partial charge in [-0.2, -0.15) is 0 Å². The molecule has 20 heavy (non-hydrogen) atoms. The standard InChI is InChI=1S/C15H16ClN3S/c16-10-1-4-12-13(9-10)18-7-5-14(12)19(11-2-3-11)8-6-15(17)20/h1,4-5,7,9,11H,2-3,6,8H2,(H2,17,20). The van der Waals surface area contributed by atoms with E-state index in [0.29, 0.717) is 16.1 Å². The average Bonchev–Trinajstić information content (AvgIpc) is 3.23. The monoisotopic (exact) mass is 305 g/mol. The van der Waals surface area contributed by atoms with Crippen molar-refractivity contribution in [3.63, 3.8) is 0 Å². The van der Waals surface area contributed by atoms with Crippen LogP contribution in [0.15, 0.2) is 30.5 Å². The van der Waals surface area contributed by atoms with Crippen molar-refractivity contribution in [1.29, 1.82) is 0 Å². The number of benzene rings is 1. The zero-order valence-corrected chi connectivity index (χ0v) is 12.6. The van der Waals surface area contributed by atoms with Gasteiger partial charge in [-0.25, -0.2) is 0 Å². The Morgan fingerprint density at radius 1 is 1.40 bits per heavy atom. The maximum atomic E-state index is 6.04. The second-order valence-corrected chi connectivity index (χ2v) is 6.09. The first-order chi connectivity index (χ1) is 9.65. The fourth-order valence-electron chi connectivity index (χ4n) is 2.47. The number of rotatable bonds is 5. The van der Waals surface area contributed by atoms with Crippen LogP contribution in [0.5, 0.6) is 0 Å². The zero-order valence-electron chi connectivity index (χ0n) is 11.1. The highest BCUT2D eigenvalue weighted by molar-refractivity contribution is 7.80. The van der Waals surface area contributed by atoms with Crippen LogP contribution in [-0.2, 0) is 0 Å². The molecular formula is C15H16ClN3S. The first kappa shape index (κ1) is 13.6.